The van der Waals surface area contributed by atoms with Crippen molar-refractivity contribution < 1.29 is 0 Å². The fraction of sp³-hybridized carbons (Fsp3) is 0.615. The van der Waals surface area contributed by atoms with Crippen LogP contribution in [0.15, 0.2) is 22.9 Å². The lowest BCUT2D eigenvalue weighted by atomic mass is 10.0. The van der Waals surface area contributed by atoms with Crippen molar-refractivity contribution >= 4 is 21.6 Å². The third-order valence-corrected chi connectivity index (χ3v) is 3.88. The first kappa shape index (κ1) is 12.8. The van der Waals surface area contributed by atoms with Crippen LogP contribution in [-0.2, 0) is 0 Å². The molecule has 2 rings (SSSR count). The van der Waals surface area contributed by atoms with E-state index in [1.807, 2.05) is 6.07 Å². The van der Waals surface area contributed by atoms with Gasteiger partial charge in [-0.15, -0.1) is 0 Å². The molecule has 17 heavy (non-hydrogen) atoms. The second-order valence-corrected chi connectivity index (χ2v) is 5.35. The molecule has 0 unspecified atom stereocenters. The van der Waals surface area contributed by atoms with Crippen LogP contribution in [0.3, 0.4) is 0 Å². The fourth-order valence-corrected chi connectivity index (χ4v) is 2.70. The zero-order chi connectivity index (χ0) is 12.1. The SMILES string of the molecule is CCCN1CCC(Nc2cccnc2Br)CC1. The minimum atomic E-state index is 0.587. The molecular formula is C13H20BrN3. The van der Waals surface area contributed by atoms with Gasteiger partial charge in [-0.1, -0.05) is 6.92 Å². The van der Waals surface area contributed by atoms with Crippen LogP contribution in [0.2, 0.25) is 0 Å². The van der Waals surface area contributed by atoms with Gasteiger partial charge >= 0.3 is 0 Å². The third kappa shape index (κ3) is 3.68. The molecule has 0 amide bonds. The Bertz CT molecular complexity index is 348. The highest BCUT2D eigenvalue weighted by Gasteiger charge is 2.18. The van der Waals surface area contributed by atoms with Crippen molar-refractivity contribution in [2.75, 3.05) is 25.0 Å². The molecule has 1 aliphatic rings. The first-order valence-corrected chi connectivity index (χ1v) is 7.18. The van der Waals surface area contributed by atoms with E-state index in [9.17, 15) is 0 Å². The summed E-state index contributed by atoms with van der Waals surface area (Å²) in [7, 11) is 0. The van der Waals surface area contributed by atoms with Crippen LogP contribution in [-0.4, -0.2) is 35.6 Å². The van der Waals surface area contributed by atoms with Crippen LogP contribution in [0, 0.1) is 0 Å². The molecule has 1 aromatic heterocycles. The van der Waals surface area contributed by atoms with Gasteiger partial charge in [0, 0.05) is 25.3 Å². The van der Waals surface area contributed by atoms with Crippen LogP contribution >= 0.6 is 15.9 Å². The van der Waals surface area contributed by atoms with E-state index in [1.54, 1.807) is 6.20 Å². The summed E-state index contributed by atoms with van der Waals surface area (Å²) in [4.78, 5) is 6.78. The van der Waals surface area contributed by atoms with Crippen LogP contribution in [0.25, 0.3) is 0 Å². The maximum absolute atomic E-state index is 4.23. The molecule has 0 spiro atoms. The van der Waals surface area contributed by atoms with Gasteiger partial charge in [0.05, 0.1) is 5.69 Å². The maximum Gasteiger partial charge on any atom is 0.129 e. The summed E-state index contributed by atoms with van der Waals surface area (Å²) >= 11 is 3.48. The smallest absolute Gasteiger partial charge is 0.129 e. The van der Waals surface area contributed by atoms with E-state index in [4.69, 9.17) is 0 Å². The second-order valence-electron chi connectivity index (χ2n) is 4.60. The van der Waals surface area contributed by atoms with Crippen LogP contribution < -0.4 is 5.32 Å². The van der Waals surface area contributed by atoms with Crippen molar-refractivity contribution in [1.29, 1.82) is 0 Å². The van der Waals surface area contributed by atoms with E-state index in [0.717, 1.165) is 10.3 Å². The van der Waals surface area contributed by atoms with Gasteiger partial charge in [0.25, 0.3) is 0 Å². The standard InChI is InChI=1S/C13H20BrN3/c1-2-8-17-9-5-11(6-10-17)16-12-4-3-7-15-13(12)14/h3-4,7,11,16H,2,5-6,8-10H2,1H3. The lowest BCUT2D eigenvalue weighted by Crippen LogP contribution is -2.39. The van der Waals surface area contributed by atoms with Gasteiger partial charge in [-0.25, -0.2) is 4.98 Å². The Morgan fingerprint density at radius 2 is 2.24 bits per heavy atom. The van der Waals surface area contributed by atoms with Crippen LogP contribution in [0.5, 0.6) is 0 Å². The van der Waals surface area contributed by atoms with Gasteiger partial charge in [0.2, 0.25) is 0 Å². The van der Waals surface area contributed by atoms with Gasteiger partial charge in [-0.2, -0.15) is 0 Å². The molecule has 2 heterocycles. The number of pyridine rings is 1. The van der Waals surface area contributed by atoms with Crippen molar-refractivity contribution in [3.8, 4) is 0 Å². The number of hydrogen-bond donors (Lipinski definition) is 1. The zero-order valence-corrected chi connectivity index (χ0v) is 11.9. The highest BCUT2D eigenvalue weighted by molar-refractivity contribution is 9.10. The average molecular weight is 298 g/mol. The molecule has 3 nitrogen and oxygen atoms in total. The van der Waals surface area contributed by atoms with Gasteiger partial charge in [0.15, 0.2) is 0 Å². The van der Waals surface area contributed by atoms with E-state index >= 15 is 0 Å². The minimum absolute atomic E-state index is 0.587. The summed E-state index contributed by atoms with van der Waals surface area (Å²) in [5.74, 6) is 0. The Hall–Kier alpha value is -0.610. The molecule has 0 saturated carbocycles. The Morgan fingerprint density at radius 3 is 2.88 bits per heavy atom. The van der Waals surface area contributed by atoms with E-state index in [1.165, 1.54) is 38.9 Å². The summed E-state index contributed by atoms with van der Waals surface area (Å²) in [5.41, 5.74) is 1.11. The summed E-state index contributed by atoms with van der Waals surface area (Å²) in [6.45, 7) is 5.91. The number of nitrogens with zero attached hydrogens (tertiary/aromatic N) is 2. The van der Waals surface area contributed by atoms with Crippen molar-refractivity contribution in [2.45, 2.75) is 32.2 Å². The molecule has 1 N–H and O–H groups in total. The van der Waals surface area contributed by atoms with E-state index in [-0.39, 0.29) is 0 Å². The Labute approximate surface area is 112 Å². The number of rotatable bonds is 4. The Morgan fingerprint density at radius 1 is 1.47 bits per heavy atom. The molecule has 1 aromatic rings. The fourth-order valence-electron chi connectivity index (χ4n) is 2.33. The summed E-state index contributed by atoms with van der Waals surface area (Å²) in [6, 6.07) is 4.64. The molecule has 4 heteroatoms. The predicted molar refractivity (Wildman–Crippen MR) is 75.3 cm³/mol. The van der Waals surface area contributed by atoms with Gasteiger partial charge in [-0.3, -0.25) is 0 Å². The third-order valence-electron chi connectivity index (χ3n) is 3.25. The quantitative estimate of drug-likeness (QED) is 0.866. The number of anilines is 1. The molecule has 0 aromatic carbocycles. The van der Waals surface area contributed by atoms with E-state index < -0.39 is 0 Å². The van der Waals surface area contributed by atoms with Crippen LogP contribution in [0.1, 0.15) is 26.2 Å². The zero-order valence-electron chi connectivity index (χ0n) is 10.3. The first-order chi connectivity index (χ1) is 8.29. The highest BCUT2D eigenvalue weighted by Crippen LogP contribution is 2.22. The summed E-state index contributed by atoms with van der Waals surface area (Å²) < 4.78 is 0.913. The topological polar surface area (TPSA) is 28.2 Å². The molecular weight excluding hydrogens is 278 g/mol. The Balaban J connectivity index is 1.84. The summed E-state index contributed by atoms with van der Waals surface area (Å²) in [5, 5.41) is 3.58. The van der Waals surface area contributed by atoms with Gasteiger partial charge in [-0.05, 0) is 53.9 Å². The second kappa shape index (κ2) is 6.36. The molecule has 0 radical (unpaired) electrons. The summed E-state index contributed by atoms with van der Waals surface area (Å²) in [6.07, 6.45) is 5.51. The van der Waals surface area contributed by atoms with Crippen LogP contribution in [0.4, 0.5) is 5.69 Å². The average Bonchev–Trinajstić information content (AvgIpc) is 2.35. The molecule has 0 aliphatic carbocycles. The van der Waals surface area contributed by atoms with Gasteiger partial charge < -0.3 is 10.2 Å². The minimum Gasteiger partial charge on any atom is -0.380 e. The van der Waals surface area contributed by atoms with Crippen molar-refractivity contribution in [2.24, 2.45) is 0 Å². The number of nitrogens with one attached hydrogen (secondary N) is 1. The normalized spacial score (nSPS) is 18.2. The molecule has 1 aliphatic heterocycles. The molecule has 1 fully saturated rings. The predicted octanol–water partition coefficient (Wildman–Crippen LogP) is 3.13. The number of aromatic nitrogens is 1. The van der Waals surface area contributed by atoms with Crippen molar-refractivity contribution in [3.63, 3.8) is 0 Å². The van der Waals surface area contributed by atoms with E-state index in [0.29, 0.717) is 6.04 Å². The van der Waals surface area contributed by atoms with Gasteiger partial charge in [0.1, 0.15) is 4.60 Å². The lowest BCUT2D eigenvalue weighted by molar-refractivity contribution is 0.219. The maximum atomic E-state index is 4.23. The van der Waals surface area contributed by atoms with Crippen molar-refractivity contribution in [3.05, 3.63) is 22.9 Å². The number of hydrogen-bond acceptors (Lipinski definition) is 3. The lowest BCUT2D eigenvalue weighted by Gasteiger charge is -2.32. The molecule has 1 saturated heterocycles. The van der Waals surface area contributed by atoms with E-state index in [2.05, 4.69) is 44.1 Å². The first-order valence-electron chi connectivity index (χ1n) is 6.39. The number of halogens is 1. The largest absolute Gasteiger partial charge is 0.380 e. The monoisotopic (exact) mass is 297 g/mol. The van der Waals surface area contributed by atoms with Crippen molar-refractivity contribution in [1.82, 2.24) is 9.88 Å². The molecule has 0 bridgehead atoms. The number of piperidine rings is 1. The molecule has 94 valence electrons. The number of likely N-dealkylation sites (tertiary alicyclic amines) is 1. The Kier molecular flexibility index (Phi) is 4.80. The highest BCUT2D eigenvalue weighted by atomic mass is 79.9. The molecule has 0 atom stereocenters.